The van der Waals surface area contributed by atoms with Crippen LogP contribution in [0.3, 0.4) is 0 Å². The molecule has 0 amide bonds. The zero-order chi connectivity index (χ0) is 21.0. The first-order chi connectivity index (χ1) is 13.7. The van der Waals surface area contributed by atoms with Crippen molar-refractivity contribution in [1.29, 1.82) is 0 Å². The minimum absolute atomic E-state index is 0.0680. The summed E-state index contributed by atoms with van der Waals surface area (Å²) in [6, 6.07) is 0. The van der Waals surface area contributed by atoms with Crippen molar-refractivity contribution in [3.63, 3.8) is 0 Å². The average molecular weight is 399 g/mol. The minimum atomic E-state index is -0.0680. The van der Waals surface area contributed by atoms with Crippen molar-refractivity contribution in [3.05, 3.63) is 22.8 Å². The van der Waals surface area contributed by atoms with E-state index in [0.29, 0.717) is 22.7 Å². The van der Waals surface area contributed by atoms with E-state index < -0.39 is 0 Å². The summed E-state index contributed by atoms with van der Waals surface area (Å²) in [5.41, 5.74) is 6.15. The molecule has 8 atom stereocenters. The molecule has 0 spiro atoms. The second-order valence-electron chi connectivity index (χ2n) is 12.1. The van der Waals surface area contributed by atoms with Crippen molar-refractivity contribution in [2.75, 3.05) is 0 Å². The molecule has 4 aliphatic carbocycles. The van der Waals surface area contributed by atoms with Gasteiger partial charge in [0.2, 0.25) is 0 Å². The Labute approximate surface area is 180 Å². The number of hydrogen-bond donors (Lipinski definition) is 1. The smallest absolute Gasteiger partial charge is 0.0569 e. The average Bonchev–Trinajstić information content (AvgIpc) is 3.02. The molecule has 0 aromatic rings. The third-order valence-electron chi connectivity index (χ3n) is 10.4. The molecule has 2 saturated carbocycles. The summed E-state index contributed by atoms with van der Waals surface area (Å²) >= 11 is 0. The lowest BCUT2D eigenvalue weighted by molar-refractivity contribution is -0.0336. The van der Waals surface area contributed by atoms with Crippen molar-refractivity contribution >= 4 is 0 Å². The number of allylic oxidation sites excluding steroid dienone is 4. The van der Waals surface area contributed by atoms with Crippen molar-refractivity contribution < 1.29 is 5.11 Å². The maximum absolute atomic E-state index is 10.5. The summed E-state index contributed by atoms with van der Waals surface area (Å²) in [6.07, 6.45) is 15.5. The van der Waals surface area contributed by atoms with Gasteiger partial charge in [0.15, 0.2) is 0 Å². The largest absolute Gasteiger partial charge is 0.393 e. The van der Waals surface area contributed by atoms with Gasteiger partial charge in [-0.1, -0.05) is 50.5 Å². The highest BCUT2D eigenvalue weighted by Crippen LogP contribution is 2.66. The van der Waals surface area contributed by atoms with E-state index in [9.17, 15) is 5.11 Å². The Bertz CT molecular complexity index is 682. The van der Waals surface area contributed by atoms with Gasteiger partial charge in [-0.25, -0.2) is 0 Å². The number of aliphatic hydroxyl groups is 1. The van der Waals surface area contributed by atoms with E-state index >= 15 is 0 Å². The van der Waals surface area contributed by atoms with Gasteiger partial charge in [-0.05, 0) is 118 Å². The lowest BCUT2D eigenvalue weighted by Gasteiger charge is -2.56. The van der Waals surface area contributed by atoms with Gasteiger partial charge in [-0.3, -0.25) is 0 Å². The van der Waals surface area contributed by atoms with Gasteiger partial charge in [0.05, 0.1) is 6.10 Å². The van der Waals surface area contributed by atoms with Gasteiger partial charge < -0.3 is 5.11 Å². The highest BCUT2D eigenvalue weighted by Gasteiger charge is 2.56. The Morgan fingerprint density at radius 1 is 1.10 bits per heavy atom. The molecule has 4 aliphatic rings. The zero-order valence-corrected chi connectivity index (χ0v) is 20.1. The molecular formula is C28H46O. The fourth-order valence-corrected chi connectivity index (χ4v) is 8.72. The van der Waals surface area contributed by atoms with Crippen LogP contribution in [0.4, 0.5) is 0 Å². The van der Waals surface area contributed by atoms with E-state index in [-0.39, 0.29) is 6.10 Å². The molecule has 4 rings (SSSR count). The van der Waals surface area contributed by atoms with Gasteiger partial charge in [0.1, 0.15) is 0 Å². The lowest BCUT2D eigenvalue weighted by atomic mass is 9.49. The molecule has 1 heteroatoms. The Morgan fingerprint density at radius 2 is 1.86 bits per heavy atom. The van der Waals surface area contributed by atoms with Crippen LogP contribution in [0.2, 0.25) is 0 Å². The van der Waals surface area contributed by atoms with Crippen LogP contribution >= 0.6 is 0 Å². The number of rotatable bonds is 4. The summed E-state index contributed by atoms with van der Waals surface area (Å²) in [6.45, 7) is 14.6. The van der Waals surface area contributed by atoms with Gasteiger partial charge >= 0.3 is 0 Å². The molecule has 0 aromatic carbocycles. The highest BCUT2D eigenvalue weighted by molar-refractivity contribution is 5.34. The van der Waals surface area contributed by atoms with E-state index in [1.165, 1.54) is 63.4 Å². The van der Waals surface area contributed by atoms with E-state index in [0.717, 1.165) is 24.2 Å². The van der Waals surface area contributed by atoms with E-state index in [4.69, 9.17) is 0 Å². The molecule has 1 N–H and O–H groups in total. The fraction of sp³-hybridized carbons (Fsp3) is 0.857. The normalized spacial score (nSPS) is 45.3. The van der Waals surface area contributed by atoms with Crippen molar-refractivity contribution in [2.45, 2.75) is 112 Å². The molecule has 0 aliphatic heterocycles. The molecule has 0 saturated heterocycles. The zero-order valence-electron chi connectivity index (χ0n) is 20.1. The monoisotopic (exact) mass is 398 g/mol. The maximum atomic E-state index is 10.5. The standard InChI is InChI=1S/C28H46O/c1-18(2)8-7-9-19(3)22-12-13-24-21-10-11-23-20(4)26(29)15-17-28(23,6)25(21)14-16-27(22,24)5/h8,19-20,22-24,26,29H,7,9-17H2,1-6H3/t19-,20+,22-,23+,24+,26+,27-,28+/m1/s1. The lowest BCUT2D eigenvalue weighted by Crippen LogP contribution is -2.49. The van der Waals surface area contributed by atoms with Crippen molar-refractivity contribution in [1.82, 2.24) is 0 Å². The number of aliphatic hydroxyl groups excluding tert-OH is 1. The van der Waals surface area contributed by atoms with Gasteiger partial charge in [-0.15, -0.1) is 0 Å². The summed E-state index contributed by atoms with van der Waals surface area (Å²) in [5.74, 6) is 3.78. The van der Waals surface area contributed by atoms with Crippen molar-refractivity contribution in [2.24, 2.45) is 40.4 Å². The third kappa shape index (κ3) is 3.48. The highest BCUT2D eigenvalue weighted by atomic mass is 16.3. The van der Waals surface area contributed by atoms with Crippen LogP contribution in [0.15, 0.2) is 22.8 Å². The molecule has 0 bridgehead atoms. The van der Waals surface area contributed by atoms with Crippen molar-refractivity contribution in [3.8, 4) is 0 Å². The molecular weight excluding hydrogens is 352 g/mol. The molecule has 1 nitrogen and oxygen atoms in total. The molecule has 0 radical (unpaired) electrons. The van der Waals surface area contributed by atoms with Gasteiger partial charge in [0, 0.05) is 0 Å². The summed E-state index contributed by atoms with van der Waals surface area (Å²) in [4.78, 5) is 0. The molecule has 0 heterocycles. The Morgan fingerprint density at radius 3 is 2.59 bits per heavy atom. The van der Waals surface area contributed by atoms with E-state index in [1.807, 2.05) is 11.1 Å². The molecule has 0 unspecified atom stereocenters. The summed E-state index contributed by atoms with van der Waals surface area (Å²) < 4.78 is 0. The number of hydrogen-bond acceptors (Lipinski definition) is 1. The second-order valence-corrected chi connectivity index (χ2v) is 12.1. The van der Waals surface area contributed by atoms with Crippen LogP contribution in [0.5, 0.6) is 0 Å². The van der Waals surface area contributed by atoms with Crippen LogP contribution in [0.1, 0.15) is 106 Å². The van der Waals surface area contributed by atoms with Gasteiger partial charge in [-0.2, -0.15) is 0 Å². The Kier molecular flexibility index (Phi) is 5.86. The SMILES string of the molecule is CC(C)=CCC[C@@H](C)[C@H]1CC[C@H]2C3=C(CC[C@]12C)[C@@]1(C)CC[C@H](O)[C@@H](C)[C@@H]1CC3. The second kappa shape index (κ2) is 7.85. The molecule has 2 fully saturated rings. The predicted molar refractivity (Wildman–Crippen MR) is 124 cm³/mol. The minimum Gasteiger partial charge on any atom is -0.393 e. The van der Waals surface area contributed by atoms with Crippen LogP contribution in [0.25, 0.3) is 0 Å². The molecule has 29 heavy (non-hydrogen) atoms. The van der Waals surface area contributed by atoms with Crippen LogP contribution in [-0.2, 0) is 0 Å². The Hall–Kier alpha value is -0.560. The first-order valence-corrected chi connectivity index (χ1v) is 12.7. The molecule has 164 valence electrons. The number of fused-ring (bicyclic) bond motifs is 4. The Balaban J connectivity index is 1.57. The first kappa shape index (κ1) is 21.7. The van der Waals surface area contributed by atoms with E-state index in [1.54, 1.807) is 0 Å². The fourth-order valence-electron chi connectivity index (χ4n) is 8.72. The third-order valence-corrected chi connectivity index (χ3v) is 10.4. The van der Waals surface area contributed by atoms with Crippen LogP contribution < -0.4 is 0 Å². The van der Waals surface area contributed by atoms with Crippen LogP contribution in [-0.4, -0.2) is 11.2 Å². The summed E-state index contributed by atoms with van der Waals surface area (Å²) in [7, 11) is 0. The quantitative estimate of drug-likeness (QED) is 0.481. The van der Waals surface area contributed by atoms with Crippen LogP contribution in [0, 0.1) is 40.4 Å². The van der Waals surface area contributed by atoms with Gasteiger partial charge in [0.25, 0.3) is 0 Å². The summed E-state index contributed by atoms with van der Waals surface area (Å²) in [5, 5.41) is 10.5. The predicted octanol–water partition coefficient (Wildman–Crippen LogP) is 7.70. The van der Waals surface area contributed by atoms with E-state index in [2.05, 4.69) is 47.6 Å². The first-order valence-electron chi connectivity index (χ1n) is 12.7. The molecule has 0 aromatic heterocycles. The topological polar surface area (TPSA) is 20.2 Å². The maximum Gasteiger partial charge on any atom is 0.0569 e.